The standard InChI is InChI=1S/C14H19N3S/c1-11-7-12(2)17(15-11)14-3-5-16(9-14)8-13-4-6-18-10-13/h4,6-7,10,14H,3,5,8-9H2,1-2H3/t14-/m0/s1. The Morgan fingerprint density at radius 3 is 3.00 bits per heavy atom. The van der Waals surface area contributed by atoms with Gasteiger partial charge in [0.1, 0.15) is 0 Å². The highest BCUT2D eigenvalue weighted by molar-refractivity contribution is 7.07. The zero-order valence-corrected chi connectivity index (χ0v) is 11.8. The summed E-state index contributed by atoms with van der Waals surface area (Å²) in [6.45, 7) is 7.61. The molecule has 1 aliphatic rings. The van der Waals surface area contributed by atoms with E-state index in [1.807, 2.05) is 0 Å². The van der Waals surface area contributed by atoms with Gasteiger partial charge >= 0.3 is 0 Å². The Bertz CT molecular complexity index is 515. The van der Waals surface area contributed by atoms with Crippen LogP contribution in [0.1, 0.15) is 29.4 Å². The van der Waals surface area contributed by atoms with Gasteiger partial charge in [-0.1, -0.05) is 0 Å². The van der Waals surface area contributed by atoms with E-state index >= 15 is 0 Å². The summed E-state index contributed by atoms with van der Waals surface area (Å²) in [6.07, 6.45) is 1.21. The van der Waals surface area contributed by atoms with Crippen LogP contribution in [0.3, 0.4) is 0 Å². The SMILES string of the molecule is Cc1cc(C)n([C@H]2CCN(Cc3ccsc3)C2)n1. The first-order valence-corrected chi connectivity index (χ1v) is 7.43. The highest BCUT2D eigenvalue weighted by atomic mass is 32.1. The van der Waals surface area contributed by atoms with Gasteiger partial charge in [0.15, 0.2) is 0 Å². The average molecular weight is 261 g/mol. The molecule has 0 aliphatic carbocycles. The van der Waals surface area contributed by atoms with Crippen LogP contribution in [-0.4, -0.2) is 27.8 Å². The van der Waals surface area contributed by atoms with E-state index in [1.54, 1.807) is 11.3 Å². The first-order valence-electron chi connectivity index (χ1n) is 6.48. The van der Waals surface area contributed by atoms with Gasteiger partial charge in [0.25, 0.3) is 0 Å². The highest BCUT2D eigenvalue weighted by Gasteiger charge is 2.25. The van der Waals surface area contributed by atoms with Crippen molar-refractivity contribution < 1.29 is 0 Å². The van der Waals surface area contributed by atoms with Gasteiger partial charge in [0, 0.05) is 25.3 Å². The second kappa shape index (κ2) is 4.86. The van der Waals surface area contributed by atoms with Gasteiger partial charge in [0.2, 0.25) is 0 Å². The number of hydrogen-bond acceptors (Lipinski definition) is 3. The van der Waals surface area contributed by atoms with Crippen LogP contribution in [0.25, 0.3) is 0 Å². The fourth-order valence-corrected chi connectivity index (χ4v) is 3.47. The van der Waals surface area contributed by atoms with Crippen molar-refractivity contribution >= 4 is 11.3 Å². The quantitative estimate of drug-likeness (QED) is 0.847. The molecule has 1 aliphatic heterocycles. The van der Waals surface area contributed by atoms with Crippen LogP contribution in [-0.2, 0) is 6.54 Å². The van der Waals surface area contributed by atoms with Crippen molar-refractivity contribution in [3.8, 4) is 0 Å². The van der Waals surface area contributed by atoms with Crippen molar-refractivity contribution in [2.24, 2.45) is 0 Å². The Labute approximate surface area is 112 Å². The molecule has 0 amide bonds. The molecule has 18 heavy (non-hydrogen) atoms. The minimum atomic E-state index is 0.553. The van der Waals surface area contributed by atoms with Crippen molar-refractivity contribution in [1.82, 2.24) is 14.7 Å². The van der Waals surface area contributed by atoms with Gasteiger partial charge in [-0.3, -0.25) is 9.58 Å². The van der Waals surface area contributed by atoms with Crippen LogP contribution >= 0.6 is 11.3 Å². The third-order valence-corrected chi connectivity index (χ3v) is 4.36. The molecule has 3 nitrogen and oxygen atoms in total. The van der Waals surface area contributed by atoms with Crippen molar-refractivity contribution in [2.75, 3.05) is 13.1 Å². The van der Waals surface area contributed by atoms with E-state index in [2.05, 4.69) is 51.4 Å². The highest BCUT2D eigenvalue weighted by Crippen LogP contribution is 2.24. The van der Waals surface area contributed by atoms with Crippen LogP contribution < -0.4 is 0 Å². The smallest absolute Gasteiger partial charge is 0.0661 e. The van der Waals surface area contributed by atoms with E-state index in [1.165, 1.54) is 24.2 Å². The van der Waals surface area contributed by atoms with E-state index < -0.39 is 0 Å². The topological polar surface area (TPSA) is 21.1 Å². The molecule has 0 unspecified atom stereocenters. The third kappa shape index (κ3) is 2.35. The number of hydrogen-bond donors (Lipinski definition) is 0. The van der Waals surface area contributed by atoms with Gasteiger partial charge in [-0.05, 0) is 48.7 Å². The Morgan fingerprint density at radius 2 is 2.33 bits per heavy atom. The van der Waals surface area contributed by atoms with E-state index in [9.17, 15) is 0 Å². The summed E-state index contributed by atoms with van der Waals surface area (Å²) in [4.78, 5) is 2.53. The summed E-state index contributed by atoms with van der Waals surface area (Å²) in [5.74, 6) is 0. The molecule has 0 spiro atoms. The molecule has 2 aromatic heterocycles. The number of aryl methyl sites for hydroxylation is 2. The summed E-state index contributed by atoms with van der Waals surface area (Å²) in [5, 5.41) is 9.02. The molecule has 0 saturated carbocycles. The largest absolute Gasteiger partial charge is 0.297 e. The second-order valence-electron chi connectivity index (χ2n) is 5.18. The summed E-state index contributed by atoms with van der Waals surface area (Å²) in [6, 6.07) is 4.94. The van der Waals surface area contributed by atoms with Gasteiger partial charge in [-0.15, -0.1) is 0 Å². The Kier molecular flexibility index (Phi) is 3.22. The van der Waals surface area contributed by atoms with Gasteiger partial charge < -0.3 is 0 Å². The first kappa shape index (κ1) is 11.9. The fraction of sp³-hybridized carbons (Fsp3) is 0.500. The van der Waals surface area contributed by atoms with Crippen molar-refractivity contribution in [1.29, 1.82) is 0 Å². The Morgan fingerprint density at radius 1 is 1.44 bits per heavy atom. The summed E-state index contributed by atoms with van der Waals surface area (Å²) >= 11 is 1.78. The molecule has 1 atom stereocenters. The Balaban J connectivity index is 1.66. The zero-order chi connectivity index (χ0) is 12.5. The predicted octanol–water partition coefficient (Wildman–Crippen LogP) is 3.01. The van der Waals surface area contributed by atoms with Crippen molar-refractivity contribution in [3.05, 3.63) is 39.8 Å². The molecular weight excluding hydrogens is 242 g/mol. The van der Waals surface area contributed by atoms with Crippen LogP contribution in [0.15, 0.2) is 22.9 Å². The van der Waals surface area contributed by atoms with E-state index in [-0.39, 0.29) is 0 Å². The minimum Gasteiger partial charge on any atom is -0.297 e. The second-order valence-corrected chi connectivity index (χ2v) is 5.96. The maximum absolute atomic E-state index is 4.62. The molecule has 0 N–H and O–H groups in total. The molecule has 1 fully saturated rings. The molecule has 3 rings (SSSR count). The minimum absolute atomic E-state index is 0.553. The molecule has 1 saturated heterocycles. The van der Waals surface area contributed by atoms with Crippen molar-refractivity contribution in [3.63, 3.8) is 0 Å². The first-order chi connectivity index (χ1) is 8.72. The number of likely N-dealkylation sites (tertiary alicyclic amines) is 1. The Hall–Kier alpha value is -1.13. The summed E-state index contributed by atoms with van der Waals surface area (Å²) in [5.41, 5.74) is 3.85. The molecule has 0 bridgehead atoms. The van der Waals surface area contributed by atoms with Gasteiger partial charge in [-0.2, -0.15) is 16.4 Å². The van der Waals surface area contributed by atoms with Crippen LogP contribution in [0.5, 0.6) is 0 Å². The molecule has 0 radical (unpaired) electrons. The van der Waals surface area contributed by atoms with Gasteiger partial charge in [0.05, 0.1) is 11.7 Å². The normalized spacial score (nSPS) is 20.7. The van der Waals surface area contributed by atoms with Crippen LogP contribution in [0.4, 0.5) is 0 Å². The fourth-order valence-electron chi connectivity index (χ4n) is 2.81. The third-order valence-electron chi connectivity index (χ3n) is 3.62. The number of thiophene rings is 1. The van der Waals surface area contributed by atoms with Crippen LogP contribution in [0.2, 0.25) is 0 Å². The van der Waals surface area contributed by atoms with E-state index in [0.717, 1.165) is 18.8 Å². The van der Waals surface area contributed by atoms with Crippen LogP contribution in [0, 0.1) is 13.8 Å². The number of aromatic nitrogens is 2. The molecule has 0 aromatic carbocycles. The van der Waals surface area contributed by atoms with E-state index in [4.69, 9.17) is 0 Å². The van der Waals surface area contributed by atoms with Gasteiger partial charge in [-0.25, -0.2) is 0 Å². The molecule has 4 heteroatoms. The number of rotatable bonds is 3. The van der Waals surface area contributed by atoms with Crippen molar-refractivity contribution in [2.45, 2.75) is 32.9 Å². The van der Waals surface area contributed by atoms with E-state index in [0.29, 0.717) is 6.04 Å². The lowest BCUT2D eigenvalue weighted by atomic mass is 10.2. The summed E-state index contributed by atoms with van der Waals surface area (Å²) in [7, 11) is 0. The monoisotopic (exact) mass is 261 g/mol. The molecule has 2 aromatic rings. The average Bonchev–Trinajstić information content (AvgIpc) is 3.01. The predicted molar refractivity (Wildman–Crippen MR) is 75.0 cm³/mol. The summed E-state index contributed by atoms with van der Waals surface area (Å²) < 4.78 is 2.21. The lowest BCUT2D eigenvalue weighted by molar-refractivity contribution is 0.311. The maximum Gasteiger partial charge on any atom is 0.0661 e. The lowest BCUT2D eigenvalue weighted by Crippen LogP contribution is -2.21. The lowest BCUT2D eigenvalue weighted by Gasteiger charge is -2.16. The molecule has 96 valence electrons. The molecule has 3 heterocycles. The maximum atomic E-state index is 4.62. The number of nitrogens with zero attached hydrogens (tertiary/aromatic N) is 3. The zero-order valence-electron chi connectivity index (χ0n) is 11.0. The molecular formula is C14H19N3S.